The van der Waals surface area contributed by atoms with Crippen molar-refractivity contribution in [2.75, 3.05) is 18.5 Å². The summed E-state index contributed by atoms with van der Waals surface area (Å²) in [7, 11) is 0. The van der Waals surface area contributed by atoms with Gasteiger partial charge >= 0.3 is 0 Å². The summed E-state index contributed by atoms with van der Waals surface area (Å²) in [5, 5.41) is 14.2. The molecule has 1 N–H and O–H groups in total. The number of rotatable bonds is 3. The second kappa shape index (κ2) is 6.55. The number of aliphatic carboxylic acids is 1. The number of hydrogen-bond acceptors (Lipinski definition) is 5. The van der Waals surface area contributed by atoms with E-state index in [1.165, 1.54) is 0 Å². The molecule has 2 atom stereocenters. The van der Waals surface area contributed by atoms with Gasteiger partial charge in [0.1, 0.15) is 13.2 Å². The summed E-state index contributed by atoms with van der Waals surface area (Å²) in [5.41, 5.74) is 2.65. The van der Waals surface area contributed by atoms with Crippen LogP contribution in [-0.4, -0.2) is 25.1 Å². The molecule has 0 unspecified atom stereocenters. The number of hydrogen-bond donors (Lipinski definition) is 1. The predicted molar refractivity (Wildman–Crippen MR) is 85.7 cm³/mol. The highest BCUT2D eigenvalue weighted by Gasteiger charge is 2.33. The molecule has 1 amide bonds. The lowest BCUT2D eigenvalue weighted by molar-refractivity contribution is -0.313. The molecule has 1 heterocycles. The van der Waals surface area contributed by atoms with Crippen molar-refractivity contribution in [2.45, 2.75) is 26.7 Å². The van der Waals surface area contributed by atoms with E-state index < -0.39 is 17.8 Å². The fourth-order valence-electron chi connectivity index (χ4n) is 3.17. The van der Waals surface area contributed by atoms with Gasteiger partial charge in [0.15, 0.2) is 11.5 Å². The maximum absolute atomic E-state index is 12.6. The number of benzene rings is 1. The summed E-state index contributed by atoms with van der Waals surface area (Å²) in [6.07, 6.45) is 0.786. The van der Waals surface area contributed by atoms with Crippen LogP contribution in [0.1, 0.15) is 26.7 Å². The number of carbonyl (C=O) groups is 2. The first-order valence-corrected chi connectivity index (χ1v) is 8.02. The van der Waals surface area contributed by atoms with Gasteiger partial charge in [0.2, 0.25) is 5.91 Å². The Morgan fingerprint density at radius 2 is 1.67 bits per heavy atom. The number of amides is 1. The van der Waals surface area contributed by atoms with E-state index in [1.54, 1.807) is 18.2 Å². The van der Waals surface area contributed by atoms with Crippen molar-refractivity contribution in [3.05, 3.63) is 29.3 Å². The van der Waals surface area contributed by atoms with E-state index in [1.807, 2.05) is 13.8 Å². The number of carbonyl (C=O) groups excluding carboxylic acids is 2. The average molecular weight is 330 g/mol. The van der Waals surface area contributed by atoms with Crippen molar-refractivity contribution >= 4 is 17.6 Å². The Bertz CT molecular complexity index is 709. The summed E-state index contributed by atoms with van der Waals surface area (Å²) in [5.74, 6) is -1.71. The highest BCUT2D eigenvalue weighted by molar-refractivity contribution is 5.95. The van der Waals surface area contributed by atoms with Gasteiger partial charge in [-0.1, -0.05) is 11.1 Å². The van der Waals surface area contributed by atoms with E-state index in [0.29, 0.717) is 43.2 Å². The minimum Gasteiger partial charge on any atom is -0.550 e. The fraction of sp³-hybridized carbons (Fsp3) is 0.444. The second-order valence-corrected chi connectivity index (χ2v) is 6.35. The van der Waals surface area contributed by atoms with Crippen molar-refractivity contribution < 1.29 is 24.2 Å². The molecule has 0 radical (unpaired) electrons. The Kier molecular flexibility index (Phi) is 4.46. The van der Waals surface area contributed by atoms with Gasteiger partial charge in [0, 0.05) is 23.6 Å². The maximum atomic E-state index is 12.6. The Morgan fingerprint density at radius 3 is 2.33 bits per heavy atom. The molecule has 6 heteroatoms. The smallest absolute Gasteiger partial charge is 0.228 e. The maximum Gasteiger partial charge on any atom is 0.228 e. The molecule has 128 valence electrons. The highest BCUT2D eigenvalue weighted by atomic mass is 16.6. The minimum atomic E-state index is -1.18. The van der Waals surface area contributed by atoms with Gasteiger partial charge in [-0.2, -0.15) is 0 Å². The quantitative estimate of drug-likeness (QED) is 0.849. The predicted octanol–water partition coefficient (Wildman–Crippen LogP) is 1.51. The van der Waals surface area contributed by atoms with Crippen LogP contribution in [0, 0.1) is 11.8 Å². The third-order valence-electron chi connectivity index (χ3n) is 4.72. The molecule has 24 heavy (non-hydrogen) atoms. The van der Waals surface area contributed by atoms with Crippen LogP contribution < -0.4 is 19.9 Å². The first-order valence-electron chi connectivity index (χ1n) is 8.02. The van der Waals surface area contributed by atoms with Crippen LogP contribution in [0.4, 0.5) is 5.69 Å². The lowest BCUT2D eigenvalue weighted by atomic mass is 9.76. The third-order valence-corrected chi connectivity index (χ3v) is 4.72. The van der Waals surface area contributed by atoms with E-state index in [4.69, 9.17) is 9.47 Å². The normalized spacial score (nSPS) is 22.9. The van der Waals surface area contributed by atoms with E-state index in [9.17, 15) is 14.7 Å². The summed E-state index contributed by atoms with van der Waals surface area (Å²) < 4.78 is 10.9. The van der Waals surface area contributed by atoms with Crippen molar-refractivity contribution in [3.63, 3.8) is 0 Å². The van der Waals surface area contributed by atoms with Gasteiger partial charge in [-0.15, -0.1) is 0 Å². The van der Waals surface area contributed by atoms with Crippen molar-refractivity contribution in [1.29, 1.82) is 0 Å². The number of nitrogens with one attached hydrogen (secondary N) is 1. The molecule has 1 aliphatic carbocycles. The first-order chi connectivity index (χ1) is 11.5. The van der Waals surface area contributed by atoms with Crippen LogP contribution in [0.2, 0.25) is 0 Å². The number of allylic oxidation sites excluding steroid dienone is 2. The number of anilines is 1. The van der Waals surface area contributed by atoms with Gasteiger partial charge < -0.3 is 24.7 Å². The van der Waals surface area contributed by atoms with Crippen molar-refractivity contribution in [3.8, 4) is 11.5 Å². The molecule has 6 nitrogen and oxygen atoms in total. The van der Waals surface area contributed by atoms with E-state index in [0.717, 1.165) is 11.1 Å². The molecule has 3 rings (SSSR count). The molecule has 1 aliphatic heterocycles. The zero-order chi connectivity index (χ0) is 17.3. The molecule has 1 aromatic carbocycles. The fourth-order valence-corrected chi connectivity index (χ4v) is 3.17. The average Bonchev–Trinajstić information content (AvgIpc) is 2.56. The zero-order valence-electron chi connectivity index (χ0n) is 13.8. The minimum absolute atomic E-state index is 0.312. The monoisotopic (exact) mass is 330 g/mol. The van der Waals surface area contributed by atoms with Crippen LogP contribution in [0.25, 0.3) is 0 Å². The van der Waals surface area contributed by atoms with Gasteiger partial charge in [0.05, 0.1) is 5.92 Å². The second-order valence-electron chi connectivity index (χ2n) is 6.35. The van der Waals surface area contributed by atoms with Crippen LogP contribution in [-0.2, 0) is 9.59 Å². The largest absolute Gasteiger partial charge is 0.550 e. The molecular weight excluding hydrogens is 310 g/mol. The molecule has 2 aliphatic rings. The molecular formula is C18H20NO5-. The molecule has 0 saturated carbocycles. The Balaban J connectivity index is 1.77. The Labute approximate surface area is 140 Å². The first kappa shape index (κ1) is 16.4. The number of carboxylic acids is 1. The van der Waals surface area contributed by atoms with Gasteiger partial charge in [-0.25, -0.2) is 0 Å². The lowest BCUT2D eigenvalue weighted by Crippen LogP contribution is -2.42. The standard InChI is InChI=1S/C18H21NO5/c1-10-7-13(14(18(21)22)8-11(10)2)17(20)19-12-3-4-15-16(9-12)24-6-5-23-15/h3-4,9,13-14H,5-8H2,1-2H3,(H,19,20)(H,21,22)/p-1/t13-,14-/m0/s1. The van der Waals surface area contributed by atoms with Crippen molar-refractivity contribution in [1.82, 2.24) is 0 Å². The molecule has 1 aromatic rings. The van der Waals surface area contributed by atoms with Gasteiger partial charge in [-0.05, 0) is 38.8 Å². The van der Waals surface area contributed by atoms with Crippen LogP contribution in [0.5, 0.6) is 11.5 Å². The summed E-state index contributed by atoms with van der Waals surface area (Å²) >= 11 is 0. The Hall–Kier alpha value is -2.50. The molecule has 0 bridgehead atoms. The highest BCUT2D eigenvalue weighted by Crippen LogP contribution is 2.36. The van der Waals surface area contributed by atoms with E-state index in [2.05, 4.69) is 5.32 Å². The summed E-state index contributed by atoms with van der Waals surface area (Å²) in [6.45, 7) is 4.80. The molecule has 0 saturated heterocycles. The molecule has 0 fully saturated rings. The van der Waals surface area contributed by atoms with Crippen LogP contribution in [0.3, 0.4) is 0 Å². The molecule has 0 spiro atoms. The van der Waals surface area contributed by atoms with Crippen LogP contribution >= 0.6 is 0 Å². The Morgan fingerprint density at radius 1 is 1.04 bits per heavy atom. The van der Waals surface area contributed by atoms with Crippen molar-refractivity contribution in [2.24, 2.45) is 11.8 Å². The zero-order valence-corrected chi connectivity index (χ0v) is 13.8. The van der Waals surface area contributed by atoms with Crippen LogP contribution in [0.15, 0.2) is 29.3 Å². The van der Waals surface area contributed by atoms with Gasteiger partial charge in [0.25, 0.3) is 0 Å². The van der Waals surface area contributed by atoms with Gasteiger partial charge in [-0.3, -0.25) is 4.79 Å². The van der Waals surface area contributed by atoms with E-state index in [-0.39, 0.29) is 5.91 Å². The number of ether oxygens (including phenoxy) is 2. The third kappa shape index (κ3) is 3.22. The molecule has 0 aromatic heterocycles. The topological polar surface area (TPSA) is 87.7 Å². The lowest BCUT2D eigenvalue weighted by Gasteiger charge is -2.32. The summed E-state index contributed by atoms with van der Waals surface area (Å²) in [6, 6.07) is 5.14. The summed E-state index contributed by atoms with van der Waals surface area (Å²) in [4.78, 5) is 24.0. The SMILES string of the molecule is CC1=C(C)C[C@H](C(=O)Nc2ccc3c(c2)OCCO3)[C@@H](C(=O)[O-])C1. The number of carboxylic acid groups (broad SMARTS) is 1. The van der Waals surface area contributed by atoms with E-state index >= 15 is 0 Å². The number of fused-ring (bicyclic) bond motifs is 1.